The summed E-state index contributed by atoms with van der Waals surface area (Å²) in [6.45, 7) is 8.14. The Balaban J connectivity index is 1.90. The molecule has 0 aliphatic carbocycles. The first kappa shape index (κ1) is 11.0. The number of methoxy groups -OCH3 is 1. The van der Waals surface area contributed by atoms with Gasteiger partial charge < -0.3 is 9.64 Å². The highest BCUT2D eigenvalue weighted by atomic mass is 16.5. The van der Waals surface area contributed by atoms with Gasteiger partial charge in [-0.25, -0.2) is 0 Å². The van der Waals surface area contributed by atoms with Crippen LogP contribution in [0.1, 0.15) is 33.1 Å². The summed E-state index contributed by atoms with van der Waals surface area (Å²) in [7, 11) is 1.78. The van der Waals surface area contributed by atoms with Gasteiger partial charge in [0, 0.05) is 32.8 Å². The highest BCUT2D eigenvalue weighted by molar-refractivity contribution is 4.81. The van der Waals surface area contributed by atoms with E-state index in [0.717, 1.165) is 18.6 Å². The van der Waals surface area contributed by atoms with Gasteiger partial charge in [-0.1, -0.05) is 6.42 Å². The molecule has 0 N–H and O–H groups in total. The lowest BCUT2D eigenvalue weighted by Crippen LogP contribution is -2.49. The van der Waals surface area contributed by atoms with E-state index in [-0.39, 0.29) is 0 Å². The van der Waals surface area contributed by atoms with Crippen LogP contribution in [0.3, 0.4) is 0 Å². The van der Waals surface area contributed by atoms with Crippen LogP contribution < -0.4 is 0 Å². The van der Waals surface area contributed by atoms with Crippen LogP contribution in [0.25, 0.3) is 0 Å². The van der Waals surface area contributed by atoms with Gasteiger partial charge in [0.05, 0.1) is 0 Å². The standard InChI is InChI=1S/C11H23NO/c1-10(2)12-8-11(9-12)6-4-5-7-13-3/h10-11H,4-9H2,1-3H3. The molecule has 0 aromatic carbocycles. The molecule has 1 fully saturated rings. The largest absolute Gasteiger partial charge is 0.385 e. The SMILES string of the molecule is COCCCCC1CN(C(C)C)C1. The lowest BCUT2D eigenvalue weighted by molar-refractivity contribution is 0.0598. The third-order valence-electron chi connectivity index (χ3n) is 2.93. The summed E-state index contributed by atoms with van der Waals surface area (Å²) in [5, 5.41) is 0. The molecule has 78 valence electrons. The maximum absolute atomic E-state index is 5.02. The summed E-state index contributed by atoms with van der Waals surface area (Å²) < 4.78 is 5.02. The first-order chi connectivity index (χ1) is 6.24. The molecule has 13 heavy (non-hydrogen) atoms. The number of rotatable bonds is 6. The molecule has 0 unspecified atom stereocenters. The fourth-order valence-electron chi connectivity index (χ4n) is 1.89. The lowest BCUT2D eigenvalue weighted by atomic mass is 9.93. The van der Waals surface area contributed by atoms with E-state index in [1.807, 2.05) is 0 Å². The van der Waals surface area contributed by atoms with Gasteiger partial charge in [0.2, 0.25) is 0 Å². The third-order valence-corrected chi connectivity index (χ3v) is 2.93. The maximum atomic E-state index is 5.02. The van der Waals surface area contributed by atoms with Gasteiger partial charge in [0.25, 0.3) is 0 Å². The topological polar surface area (TPSA) is 12.5 Å². The number of hydrogen-bond donors (Lipinski definition) is 0. The van der Waals surface area contributed by atoms with E-state index in [0.29, 0.717) is 0 Å². The first-order valence-electron chi connectivity index (χ1n) is 5.47. The van der Waals surface area contributed by atoms with Crippen molar-refractivity contribution in [2.45, 2.75) is 39.2 Å². The fourth-order valence-corrected chi connectivity index (χ4v) is 1.89. The average molecular weight is 185 g/mol. The van der Waals surface area contributed by atoms with Crippen molar-refractivity contribution in [2.75, 3.05) is 26.8 Å². The van der Waals surface area contributed by atoms with Crippen LogP contribution in [0, 0.1) is 5.92 Å². The van der Waals surface area contributed by atoms with E-state index in [1.54, 1.807) is 7.11 Å². The number of unbranched alkanes of at least 4 members (excludes halogenated alkanes) is 1. The predicted octanol–water partition coefficient (Wildman–Crippen LogP) is 2.14. The van der Waals surface area contributed by atoms with Crippen molar-refractivity contribution in [1.29, 1.82) is 0 Å². The second-order valence-electron chi connectivity index (χ2n) is 4.40. The van der Waals surface area contributed by atoms with Gasteiger partial charge in [-0.05, 0) is 32.6 Å². The van der Waals surface area contributed by atoms with E-state index in [9.17, 15) is 0 Å². The lowest BCUT2D eigenvalue weighted by Gasteiger charge is -2.42. The van der Waals surface area contributed by atoms with Crippen LogP contribution in [-0.2, 0) is 4.74 Å². The highest BCUT2D eigenvalue weighted by Gasteiger charge is 2.27. The second-order valence-corrected chi connectivity index (χ2v) is 4.40. The van der Waals surface area contributed by atoms with Gasteiger partial charge in [0.15, 0.2) is 0 Å². The molecule has 0 amide bonds. The zero-order valence-electron chi connectivity index (χ0n) is 9.25. The normalized spacial score (nSPS) is 19.4. The molecule has 1 aliphatic heterocycles. The molecule has 0 spiro atoms. The Labute approximate surface area is 82.3 Å². The summed E-state index contributed by atoms with van der Waals surface area (Å²) in [4.78, 5) is 2.54. The van der Waals surface area contributed by atoms with E-state index in [4.69, 9.17) is 4.74 Å². The Morgan fingerprint density at radius 1 is 1.31 bits per heavy atom. The zero-order valence-corrected chi connectivity index (χ0v) is 9.25. The minimum Gasteiger partial charge on any atom is -0.385 e. The highest BCUT2D eigenvalue weighted by Crippen LogP contribution is 2.22. The maximum Gasteiger partial charge on any atom is 0.0462 e. The molecule has 2 nitrogen and oxygen atoms in total. The molecule has 1 rings (SSSR count). The average Bonchev–Trinajstić information content (AvgIpc) is 2.00. The Morgan fingerprint density at radius 3 is 2.54 bits per heavy atom. The van der Waals surface area contributed by atoms with E-state index >= 15 is 0 Å². The number of nitrogens with zero attached hydrogens (tertiary/aromatic N) is 1. The molecule has 0 atom stereocenters. The first-order valence-corrected chi connectivity index (χ1v) is 5.47. The van der Waals surface area contributed by atoms with Crippen LogP contribution in [0.4, 0.5) is 0 Å². The monoisotopic (exact) mass is 185 g/mol. The van der Waals surface area contributed by atoms with Crippen molar-refractivity contribution in [3.8, 4) is 0 Å². The molecule has 1 aliphatic rings. The third kappa shape index (κ3) is 3.65. The predicted molar refractivity (Wildman–Crippen MR) is 55.9 cm³/mol. The van der Waals surface area contributed by atoms with Crippen LogP contribution in [0.5, 0.6) is 0 Å². The van der Waals surface area contributed by atoms with Crippen molar-refractivity contribution in [1.82, 2.24) is 4.90 Å². The molecule has 0 saturated carbocycles. The molecule has 0 aromatic heterocycles. The quantitative estimate of drug-likeness (QED) is 0.588. The van der Waals surface area contributed by atoms with Gasteiger partial charge in [-0.15, -0.1) is 0 Å². The Hall–Kier alpha value is -0.0800. The zero-order chi connectivity index (χ0) is 9.68. The van der Waals surface area contributed by atoms with E-state index in [2.05, 4.69) is 18.7 Å². The van der Waals surface area contributed by atoms with Crippen LogP contribution in [0.2, 0.25) is 0 Å². The molecule has 0 radical (unpaired) electrons. The van der Waals surface area contributed by atoms with Crippen molar-refractivity contribution in [3.63, 3.8) is 0 Å². The number of ether oxygens (including phenoxy) is 1. The van der Waals surface area contributed by atoms with Crippen LogP contribution >= 0.6 is 0 Å². The van der Waals surface area contributed by atoms with Crippen molar-refractivity contribution < 1.29 is 4.74 Å². The molecule has 0 aromatic rings. The number of likely N-dealkylation sites (tertiary alicyclic amines) is 1. The smallest absolute Gasteiger partial charge is 0.0462 e. The minimum absolute atomic E-state index is 0.746. The van der Waals surface area contributed by atoms with Crippen molar-refractivity contribution in [3.05, 3.63) is 0 Å². The summed E-state index contributed by atoms with van der Waals surface area (Å²) >= 11 is 0. The van der Waals surface area contributed by atoms with E-state index < -0.39 is 0 Å². The van der Waals surface area contributed by atoms with Gasteiger partial charge in [-0.3, -0.25) is 0 Å². The molecule has 1 saturated heterocycles. The summed E-state index contributed by atoms with van der Waals surface area (Å²) in [5.74, 6) is 0.972. The summed E-state index contributed by atoms with van der Waals surface area (Å²) in [6.07, 6.45) is 3.96. The molecular formula is C11H23NO. The van der Waals surface area contributed by atoms with E-state index in [1.165, 1.54) is 32.4 Å². The fraction of sp³-hybridized carbons (Fsp3) is 1.00. The number of hydrogen-bond acceptors (Lipinski definition) is 2. The van der Waals surface area contributed by atoms with Gasteiger partial charge in [0.1, 0.15) is 0 Å². The van der Waals surface area contributed by atoms with Crippen LogP contribution in [0.15, 0.2) is 0 Å². The molecular weight excluding hydrogens is 162 g/mol. The van der Waals surface area contributed by atoms with Gasteiger partial charge in [-0.2, -0.15) is 0 Å². The molecule has 0 bridgehead atoms. The Morgan fingerprint density at radius 2 is 2.00 bits per heavy atom. The summed E-state index contributed by atoms with van der Waals surface area (Å²) in [6, 6.07) is 0.746. The minimum atomic E-state index is 0.746. The Kier molecular flexibility index (Phi) is 4.74. The second kappa shape index (κ2) is 5.61. The van der Waals surface area contributed by atoms with Gasteiger partial charge >= 0.3 is 0 Å². The van der Waals surface area contributed by atoms with Crippen molar-refractivity contribution >= 4 is 0 Å². The Bertz CT molecular complexity index is 130. The summed E-state index contributed by atoms with van der Waals surface area (Å²) in [5.41, 5.74) is 0. The van der Waals surface area contributed by atoms with Crippen LogP contribution in [-0.4, -0.2) is 37.7 Å². The molecule has 2 heteroatoms. The molecule has 1 heterocycles. The van der Waals surface area contributed by atoms with Crippen molar-refractivity contribution in [2.24, 2.45) is 5.92 Å².